The lowest BCUT2D eigenvalue weighted by atomic mass is 9.99. The molecule has 1 unspecified atom stereocenters. The monoisotopic (exact) mass is 269 g/mol. The quantitative estimate of drug-likeness (QED) is 0.798. The second-order valence-electron chi connectivity index (χ2n) is 6.01. The van der Waals surface area contributed by atoms with Crippen molar-refractivity contribution in [3.05, 3.63) is 0 Å². The molecule has 1 heterocycles. The molecule has 0 radical (unpaired) electrons. The molecule has 1 aliphatic rings. The molecule has 0 aromatic rings. The zero-order valence-corrected chi connectivity index (χ0v) is 13.1. The number of hydrogen-bond acceptors (Lipinski definition) is 3. The Bertz CT molecular complexity index is 269. The van der Waals surface area contributed by atoms with E-state index in [-0.39, 0.29) is 11.9 Å². The molecule has 0 aromatic heterocycles. The fraction of sp³-hybridized carbons (Fsp3) is 0.933. The molecular weight excluding hydrogens is 238 g/mol. The van der Waals surface area contributed by atoms with E-state index in [4.69, 9.17) is 5.73 Å². The van der Waals surface area contributed by atoms with Crippen molar-refractivity contribution in [2.45, 2.75) is 59.0 Å². The highest BCUT2D eigenvalue weighted by Crippen LogP contribution is 2.17. The van der Waals surface area contributed by atoms with Crippen LogP contribution in [0.3, 0.4) is 0 Å². The van der Waals surface area contributed by atoms with Crippen LogP contribution in [0.5, 0.6) is 0 Å². The second kappa shape index (κ2) is 7.85. The number of amides is 1. The van der Waals surface area contributed by atoms with Crippen LogP contribution in [-0.2, 0) is 4.79 Å². The van der Waals surface area contributed by atoms with Gasteiger partial charge in [-0.25, -0.2) is 0 Å². The fourth-order valence-electron chi connectivity index (χ4n) is 3.03. The van der Waals surface area contributed by atoms with Gasteiger partial charge in [0, 0.05) is 19.1 Å². The lowest BCUT2D eigenvalue weighted by Gasteiger charge is -2.38. The standard InChI is InChI=1S/C15H31N3O/c1-5-17(6-2)13-7-9-18(10-8-13)15(19)14(16)11-12(3)4/h12-14H,5-11,16H2,1-4H3. The van der Waals surface area contributed by atoms with Crippen LogP contribution in [0.1, 0.15) is 47.0 Å². The van der Waals surface area contributed by atoms with Gasteiger partial charge in [-0.15, -0.1) is 0 Å². The fourth-order valence-corrected chi connectivity index (χ4v) is 3.03. The Morgan fingerprint density at radius 1 is 1.26 bits per heavy atom. The number of piperidine rings is 1. The van der Waals surface area contributed by atoms with Crippen LogP contribution in [0.15, 0.2) is 0 Å². The summed E-state index contributed by atoms with van der Waals surface area (Å²) in [5.41, 5.74) is 5.99. The van der Waals surface area contributed by atoms with Gasteiger partial charge in [-0.2, -0.15) is 0 Å². The molecule has 1 amide bonds. The number of rotatable bonds is 6. The Kier molecular flexibility index (Phi) is 6.80. The Morgan fingerprint density at radius 2 is 1.79 bits per heavy atom. The molecule has 0 bridgehead atoms. The Hall–Kier alpha value is -0.610. The van der Waals surface area contributed by atoms with Gasteiger partial charge < -0.3 is 15.5 Å². The first-order valence-corrected chi connectivity index (χ1v) is 7.77. The summed E-state index contributed by atoms with van der Waals surface area (Å²) in [6, 6.07) is 0.324. The average molecular weight is 269 g/mol. The van der Waals surface area contributed by atoms with Crippen LogP contribution in [0, 0.1) is 5.92 Å². The highest BCUT2D eigenvalue weighted by atomic mass is 16.2. The van der Waals surface area contributed by atoms with Crippen molar-refractivity contribution in [2.75, 3.05) is 26.2 Å². The van der Waals surface area contributed by atoms with Crippen molar-refractivity contribution in [1.29, 1.82) is 0 Å². The number of nitrogens with two attached hydrogens (primary N) is 1. The van der Waals surface area contributed by atoms with E-state index in [0.29, 0.717) is 12.0 Å². The number of likely N-dealkylation sites (tertiary alicyclic amines) is 1. The normalized spacial score (nSPS) is 19.2. The van der Waals surface area contributed by atoms with Gasteiger partial charge in [0.25, 0.3) is 0 Å². The average Bonchev–Trinajstić information content (AvgIpc) is 2.39. The molecule has 2 N–H and O–H groups in total. The van der Waals surface area contributed by atoms with Gasteiger partial charge in [-0.05, 0) is 38.3 Å². The number of carbonyl (C=O) groups is 1. The molecule has 1 fully saturated rings. The van der Waals surface area contributed by atoms with Gasteiger partial charge in [0.05, 0.1) is 6.04 Å². The molecule has 1 atom stereocenters. The maximum absolute atomic E-state index is 12.2. The van der Waals surface area contributed by atoms with Crippen LogP contribution in [0.4, 0.5) is 0 Å². The largest absolute Gasteiger partial charge is 0.341 e. The zero-order valence-electron chi connectivity index (χ0n) is 13.1. The van der Waals surface area contributed by atoms with E-state index in [1.54, 1.807) is 0 Å². The van der Waals surface area contributed by atoms with Crippen molar-refractivity contribution < 1.29 is 4.79 Å². The van der Waals surface area contributed by atoms with E-state index in [1.807, 2.05) is 4.90 Å². The first-order chi connectivity index (χ1) is 8.99. The highest BCUT2D eigenvalue weighted by molar-refractivity contribution is 5.81. The van der Waals surface area contributed by atoms with E-state index in [9.17, 15) is 4.79 Å². The van der Waals surface area contributed by atoms with Gasteiger partial charge in [-0.3, -0.25) is 4.79 Å². The molecule has 0 aliphatic carbocycles. The molecule has 0 spiro atoms. The maximum Gasteiger partial charge on any atom is 0.239 e. The minimum Gasteiger partial charge on any atom is -0.341 e. The SMILES string of the molecule is CCN(CC)C1CCN(C(=O)C(N)CC(C)C)CC1. The number of hydrogen-bond donors (Lipinski definition) is 1. The minimum absolute atomic E-state index is 0.145. The van der Waals surface area contributed by atoms with E-state index < -0.39 is 0 Å². The van der Waals surface area contributed by atoms with Gasteiger partial charge >= 0.3 is 0 Å². The van der Waals surface area contributed by atoms with Crippen LogP contribution in [0.2, 0.25) is 0 Å². The van der Waals surface area contributed by atoms with Crippen molar-refractivity contribution >= 4 is 5.91 Å². The Labute approximate surface area is 118 Å². The maximum atomic E-state index is 12.2. The first-order valence-electron chi connectivity index (χ1n) is 7.77. The highest BCUT2D eigenvalue weighted by Gasteiger charge is 2.28. The van der Waals surface area contributed by atoms with Crippen LogP contribution < -0.4 is 5.73 Å². The molecule has 19 heavy (non-hydrogen) atoms. The Balaban J connectivity index is 2.42. The topological polar surface area (TPSA) is 49.6 Å². The Morgan fingerprint density at radius 3 is 2.21 bits per heavy atom. The third-order valence-corrected chi connectivity index (χ3v) is 4.15. The summed E-state index contributed by atoms with van der Waals surface area (Å²) < 4.78 is 0. The van der Waals surface area contributed by atoms with Gasteiger partial charge in [0.15, 0.2) is 0 Å². The van der Waals surface area contributed by atoms with E-state index in [1.165, 1.54) is 0 Å². The lowest BCUT2D eigenvalue weighted by Crippen LogP contribution is -2.51. The molecule has 1 rings (SSSR count). The second-order valence-corrected chi connectivity index (χ2v) is 6.01. The van der Waals surface area contributed by atoms with Gasteiger partial charge in [0.2, 0.25) is 5.91 Å². The minimum atomic E-state index is -0.315. The van der Waals surface area contributed by atoms with E-state index in [2.05, 4.69) is 32.6 Å². The third kappa shape index (κ3) is 4.77. The first kappa shape index (κ1) is 16.4. The van der Waals surface area contributed by atoms with Crippen molar-refractivity contribution in [3.8, 4) is 0 Å². The summed E-state index contributed by atoms with van der Waals surface area (Å²) in [4.78, 5) is 16.7. The van der Waals surface area contributed by atoms with Crippen molar-refractivity contribution in [2.24, 2.45) is 11.7 Å². The van der Waals surface area contributed by atoms with E-state index >= 15 is 0 Å². The van der Waals surface area contributed by atoms with Crippen molar-refractivity contribution in [1.82, 2.24) is 9.80 Å². The molecule has 1 aliphatic heterocycles. The summed E-state index contributed by atoms with van der Waals surface area (Å²) in [5, 5.41) is 0. The third-order valence-electron chi connectivity index (χ3n) is 4.15. The molecule has 1 saturated heterocycles. The summed E-state index contributed by atoms with van der Waals surface area (Å²) in [5.74, 6) is 0.624. The summed E-state index contributed by atoms with van der Waals surface area (Å²) in [6.07, 6.45) is 2.96. The predicted molar refractivity (Wildman–Crippen MR) is 80.0 cm³/mol. The van der Waals surface area contributed by atoms with Gasteiger partial charge in [-0.1, -0.05) is 27.7 Å². The summed E-state index contributed by atoms with van der Waals surface area (Å²) >= 11 is 0. The smallest absolute Gasteiger partial charge is 0.239 e. The number of carbonyl (C=O) groups excluding carboxylic acids is 1. The lowest BCUT2D eigenvalue weighted by molar-refractivity contribution is -0.134. The molecule has 112 valence electrons. The number of nitrogens with zero attached hydrogens (tertiary/aromatic N) is 2. The van der Waals surface area contributed by atoms with Crippen LogP contribution in [0.25, 0.3) is 0 Å². The molecule has 4 heteroatoms. The zero-order chi connectivity index (χ0) is 14.4. The van der Waals surface area contributed by atoms with Crippen LogP contribution in [-0.4, -0.2) is 54.0 Å². The molecule has 0 aromatic carbocycles. The van der Waals surface area contributed by atoms with Crippen LogP contribution >= 0.6 is 0 Å². The molecule has 4 nitrogen and oxygen atoms in total. The summed E-state index contributed by atoms with van der Waals surface area (Å²) in [6.45, 7) is 12.6. The molecular formula is C15H31N3O. The van der Waals surface area contributed by atoms with Gasteiger partial charge in [0.1, 0.15) is 0 Å². The van der Waals surface area contributed by atoms with Crippen molar-refractivity contribution in [3.63, 3.8) is 0 Å². The van der Waals surface area contributed by atoms with E-state index in [0.717, 1.165) is 45.4 Å². The summed E-state index contributed by atoms with van der Waals surface area (Å²) in [7, 11) is 0. The molecule has 0 saturated carbocycles. The predicted octanol–water partition coefficient (Wildman–Crippen LogP) is 1.69.